The molecule has 2 rings (SSSR count). The first-order valence-electron chi connectivity index (χ1n) is 8.73. The van der Waals surface area contributed by atoms with Crippen molar-refractivity contribution in [3.8, 4) is 0 Å². The van der Waals surface area contributed by atoms with Gasteiger partial charge in [-0.05, 0) is 35.9 Å². The average Bonchev–Trinajstić information content (AvgIpc) is 2.72. The van der Waals surface area contributed by atoms with Crippen LogP contribution in [0, 0.1) is 0 Å². The van der Waals surface area contributed by atoms with E-state index in [1.165, 1.54) is 24.5 Å². The van der Waals surface area contributed by atoms with Gasteiger partial charge in [-0.15, -0.1) is 0 Å². The summed E-state index contributed by atoms with van der Waals surface area (Å²) < 4.78 is 0. The molecule has 0 bridgehead atoms. The molecule has 12 heteroatoms. The van der Waals surface area contributed by atoms with Crippen molar-refractivity contribution in [2.45, 2.75) is 12.5 Å². The largest absolute Gasteiger partial charge is 0.481 e. The summed E-state index contributed by atoms with van der Waals surface area (Å²) in [6.45, 7) is -0.404. The number of carboxylic acids is 1. The SMILES string of the molecule is NNC=Nc1cccc(C(=O)NCC(=O)NC(CC(=O)O)c2cc(Cl)cc(Cl)c2Cl)c1. The van der Waals surface area contributed by atoms with Gasteiger partial charge in [0.2, 0.25) is 5.91 Å². The minimum atomic E-state index is -1.18. The summed E-state index contributed by atoms with van der Waals surface area (Å²) in [5, 5.41) is 14.6. The molecule has 9 nitrogen and oxygen atoms in total. The van der Waals surface area contributed by atoms with Gasteiger partial charge in [-0.3, -0.25) is 14.4 Å². The van der Waals surface area contributed by atoms with E-state index in [2.05, 4.69) is 21.1 Å². The molecule has 0 saturated heterocycles. The molecular weight excluding hydrogens is 469 g/mol. The van der Waals surface area contributed by atoms with Crippen LogP contribution < -0.4 is 21.9 Å². The maximum Gasteiger partial charge on any atom is 0.305 e. The van der Waals surface area contributed by atoms with Crippen molar-refractivity contribution in [3.05, 3.63) is 62.6 Å². The van der Waals surface area contributed by atoms with Gasteiger partial charge in [0, 0.05) is 10.6 Å². The lowest BCUT2D eigenvalue weighted by Gasteiger charge is -2.20. The number of carbonyl (C=O) groups excluding carboxylic acids is 2. The standard InChI is InChI=1S/C19H18Cl3N5O4/c20-11-5-13(18(22)14(21)6-11)15(7-17(29)30)27-16(28)8-24-19(31)10-2-1-3-12(4-10)25-9-26-23/h1-6,9,15H,7-8,23H2,(H,24,31)(H,25,26)(H,27,28)(H,29,30). The van der Waals surface area contributed by atoms with E-state index >= 15 is 0 Å². The summed E-state index contributed by atoms with van der Waals surface area (Å²) >= 11 is 18.1. The van der Waals surface area contributed by atoms with Crippen LogP contribution in [0.4, 0.5) is 5.69 Å². The molecule has 6 N–H and O–H groups in total. The molecule has 0 spiro atoms. The van der Waals surface area contributed by atoms with Crippen LogP contribution in [0.15, 0.2) is 41.4 Å². The zero-order chi connectivity index (χ0) is 23.0. The van der Waals surface area contributed by atoms with E-state index in [4.69, 9.17) is 40.6 Å². The molecule has 0 radical (unpaired) electrons. The van der Waals surface area contributed by atoms with Gasteiger partial charge in [0.25, 0.3) is 5.91 Å². The van der Waals surface area contributed by atoms with Crippen LogP contribution in [-0.4, -0.2) is 35.8 Å². The molecule has 1 atom stereocenters. The highest BCUT2D eigenvalue weighted by molar-refractivity contribution is 6.43. The number of hydrogen-bond donors (Lipinski definition) is 5. The first kappa shape index (κ1) is 24.4. The lowest BCUT2D eigenvalue weighted by atomic mass is 10.0. The smallest absolute Gasteiger partial charge is 0.305 e. The number of hydrogen-bond acceptors (Lipinski definition) is 5. The number of carbonyl (C=O) groups is 3. The molecule has 2 aromatic carbocycles. The fourth-order valence-electron chi connectivity index (χ4n) is 2.59. The lowest BCUT2D eigenvalue weighted by Crippen LogP contribution is -2.39. The summed E-state index contributed by atoms with van der Waals surface area (Å²) in [5.41, 5.74) is 3.24. The molecule has 0 aliphatic heterocycles. The summed E-state index contributed by atoms with van der Waals surface area (Å²) in [4.78, 5) is 39.9. The maximum atomic E-state index is 12.4. The maximum absolute atomic E-state index is 12.4. The highest BCUT2D eigenvalue weighted by Gasteiger charge is 2.23. The van der Waals surface area contributed by atoms with Crippen LogP contribution >= 0.6 is 34.8 Å². The average molecular weight is 487 g/mol. The molecule has 0 saturated carbocycles. The van der Waals surface area contributed by atoms with E-state index in [-0.39, 0.29) is 26.2 Å². The quantitative estimate of drug-likeness (QED) is 0.121. The number of rotatable bonds is 9. The molecule has 0 heterocycles. The molecule has 0 fully saturated rings. The van der Waals surface area contributed by atoms with Gasteiger partial charge in [-0.25, -0.2) is 10.8 Å². The van der Waals surface area contributed by atoms with Gasteiger partial charge in [-0.1, -0.05) is 40.9 Å². The second-order valence-corrected chi connectivity index (χ2v) is 7.39. The Bertz CT molecular complexity index is 1020. The second-order valence-electron chi connectivity index (χ2n) is 6.17. The molecule has 0 aliphatic carbocycles. The van der Waals surface area contributed by atoms with E-state index in [1.807, 2.05) is 0 Å². The van der Waals surface area contributed by atoms with E-state index in [9.17, 15) is 19.5 Å². The Morgan fingerprint density at radius 1 is 1.16 bits per heavy atom. The Kier molecular flexibility index (Phi) is 9.07. The van der Waals surface area contributed by atoms with Gasteiger partial charge >= 0.3 is 5.97 Å². The second kappa shape index (κ2) is 11.5. The Morgan fingerprint density at radius 2 is 1.90 bits per heavy atom. The Balaban J connectivity index is 2.07. The molecule has 2 amide bonds. The molecule has 2 aromatic rings. The number of aliphatic carboxylic acids is 1. The van der Waals surface area contributed by atoms with Gasteiger partial charge in [0.1, 0.15) is 6.34 Å². The number of nitrogens with two attached hydrogens (primary N) is 1. The monoisotopic (exact) mass is 485 g/mol. The summed E-state index contributed by atoms with van der Waals surface area (Å²) in [7, 11) is 0. The molecule has 1 unspecified atom stereocenters. The number of nitrogens with one attached hydrogen (secondary N) is 3. The van der Waals surface area contributed by atoms with Crippen molar-refractivity contribution < 1.29 is 19.5 Å². The van der Waals surface area contributed by atoms with Crippen LogP contribution in [0.3, 0.4) is 0 Å². The fraction of sp³-hybridized carbons (Fsp3) is 0.158. The molecule has 0 aliphatic rings. The van der Waals surface area contributed by atoms with Crippen LogP contribution in [0.25, 0.3) is 0 Å². The third kappa shape index (κ3) is 7.41. The zero-order valence-electron chi connectivity index (χ0n) is 15.9. The summed E-state index contributed by atoms with van der Waals surface area (Å²) in [6.07, 6.45) is 0.783. The number of nitrogens with zero attached hydrogens (tertiary/aromatic N) is 1. The summed E-state index contributed by atoms with van der Waals surface area (Å²) in [6, 6.07) is 8.14. The zero-order valence-corrected chi connectivity index (χ0v) is 18.1. The topological polar surface area (TPSA) is 146 Å². The molecule has 31 heavy (non-hydrogen) atoms. The van der Waals surface area contributed by atoms with E-state index in [1.54, 1.807) is 18.2 Å². The molecule has 0 aromatic heterocycles. The highest BCUT2D eigenvalue weighted by atomic mass is 35.5. The van der Waals surface area contributed by atoms with E-state index < -0.39 is 36.8 Å². The van der Waals surface area contributed by atoms with Crippen LogP contribution in [0.1, 0.15) is 28.4 Å². The van der Waals surface area contributed by atoms with E-state index in [0.717, 1.165) is 0 Å². The Labute approximate surface area is 192 Å². The first-order valence-corrected chi connectivity index (χ1v) is 9.87. The molecular formula is C19H18Cl3N5O4. The molecule has 164 valence electrons. The van der Waals surface area contributed by atoms with Gasteiger partial charge < -0.3 is 21.2 Å². The first-order chi connectivity index (χ1) is 14.7. The predicted octanol–water partition coefficient (Wildman–Crippen LogP) is 2.83. The van der Waals surface area contributed by atoms with Gasteiger partial charge in [0.05, 0.1) is 34.7 Å². The van der Waals surface area contributed by atoms with Crippen molar-refractivity contribution in [3.63, 3.8) is 0 Å². The van der Waals surface area contributed by atoms with Crippen molar-refractivity contribution in [1.82, 2.24) is 16.1 Å². The Morgan fingerprint density at radius 3 is 2.58 bits per heavy atom. The van der Waals surface area contributed by atoms with Crippen molar-refractivity contribution in [1.29, 1.82) is 0 Å². The summed E-state index contributed by atoms with van der Waals surface area (Å²) in [5.74, 6) is 2.78. The van der Waals surface area contributed by atoms with Gasteiger partial charge in [-0.2, -0.15) is 0 Å². The lowest BCUT2D eigenvalue weighted by molar-refractivity contribution is -0.137. The minimum absolute atomic E-state index is 0.0750. The van der Waals surface area contributed by atoms with Crippen molar-refractivity contribution in [2.24, 2.45) is 10.8 Å². The number of amides is 2. The number of carboxylic acid groups (broad SMARTS) is 1. The van der Waals surface area contributed by atoms with Crippen LogP contribution in [-0.2, 0) is 9.59 Å². The van der Waals surface area contributed by atoms with Crippen molar-refractivity contribution >= 4 is 64.6 Å². The number of hydrazine groups is 1. The van der Waals surface area contributed by atoms with Crippen LogP contribution in [0.5, 0.6) is 0 Å². The third-order valence-electron chi connectivity index (χ3n) is 3.92. The number of benzene rings is 2. The normalized spacial score (nSPS) is 11.7. The fourth-order valence-corrected chi connectivity index (χ4v) is 3.34. The third-order valence-corrected chi connectivity index (χ3v) is 4.95. The van der Waals surface area contributed by atoms with Crippen LogP contribution in [0.2, 0.25) is 15.1 Å². The minimum Gasteiger partial charge on any atom is -0.481 e. The predicted molar refractivity (Wildman–Crippen MR) is 119 cm³/mol. The number of aliphatic imine (C=N–C) groups is 1. The highest BCUT2D eigenvalue weighted by Crippen LogP contribution is 2.34. The van der Waals surface area contributed by atoms with Gasteiger partial charge in [0.15, 0.2) is 0 Å². The number of halogens is 3. The van der Waals surface area contributed by atoms with Crippen molar-refractivity contribution in [2.75, 3.05) is 6.54 Å². The van der Waals surface area contributed by atoms with E-state index in [0.29, 0.717) is 5.69 Å². The Hall–Kier alpha value is -2.85.